The van der Waals surface area contributed by atoms with E-state index in [2.05, 4.69) is 33.3 Å². The highest BCUT2D eigenvalue weighted by atomic mass is 35.5. The zero-order chi connectivity index (χ0) is 37.0. The predicted octanol–water partition coefficient (Wildman–Crippen LogP) is 9.10. The average molecular weight is 744 g/mol. The lowest BCUT2D eigenvalue weighted by Crippen LogP contribution is -2.38. The van der Waals surface area contributed by atoms with Gasteiger partial charge in [-0.05, 0) is 56.5 Å². The van der Waals surface area contributed by atoms with Crippen LogP contribution >= 0.6 is 23.2 Å². The number of carbonyl (C=O) groups is 3. The summed E-state index contributed by atoms with van der Waals surface area (Å²) in [6, 6.07) is 23.2. The standard InChI is InChI=1S/C41H45Cl2N5O4/c1-28-24-36(45-40(50)29(2)30(3)52-27-49)33-16-10-12-18-37(33)47(28)23-15-9-7-5-4-6-8-14-22-44-41(51)39-34-17-11-13-19-38(34)48(46-39)26-31-20-21-32(42)25-35(31)43/h10-13,16-21,24-25,27H,4-9,14-15,22-23,26H2,1-3H3,(H,44,51)/p+1/b30-29-. The summed E-state index contributed by atoms with van der Waals surface area (Å²) in [5.41, 5.74) is 5.39. The number of benzene rings is 3. The molecule has 52 heavy (non-hydrogen) atoms. The van der Waals surface area contributed by atoms with Crippen LogP contribution in [0.4, 0.5) is 5.69 Å². The van der Waals surface area contributed by atoms with Crippen LogP contribution in [0, 0.1) is 6.92 Å². The molecule has 0 aliphatic rings. The summed E-state index contributed by atoms with van der Waals surface area (Å²) in [7, 11) is 0. The number of para-hydroxylation sites is 2. The first-order chi connectivity index (χ1) is 25.2. The van der Waals surface area contributed by atoms with Crippen LogP contribution in [-0.4, -0.2) is 34.6 Å². The third-order valence-corrected chi connectivity index (χ3v) is 10.00. The minimum atomic E-state index is -0.305. The number of hydrogen-bond acceptors (Lipinski definition) is 5. The number of carbonyl (C=O) groups excluding carboxylic acids is 3. The van der Waals surface area contributed by atoms with E-state index in [0.717, 1.165) is 77.4 Å². The van der Waals surface area contributed by atoms with Crippen molar-refractivity contribution in [2.24, 2.45) is 0 Å². The van der Waals surface area contributed by atoms with Gasteiger partial charge in [-0.15, -0.1) is 0 Å². The highest BCUT2D eigenvalue weighted by Gasteiger charge is 2.20. The third kappa shape index (κ3) is 9.78. The fourth-order valence-corrected chi connectivity index (χ4v) is 6.86. The maximum atomic E-state index is 13.1. The zero-order valence-electron chi connectivity index (χ0n) is 30.0. The second-order valence-corrected chi connectivity index (χ2v) is 13.9. The molecular weight excluding hydrogens is 697 g/mol. The SMILES string of the molecule is C/C(OC=O)=C(\C)C(=O)Nc1cc(C)[n+](CCCCCCCCCCNC(=O)c2nn(Cc3ccc(Cl)cc3Cl)c3ccccc23)c2ccccc12. The van der Waals surface area contributed by atoms with E-state index >= 15 is 0 Å². The molecule has 0 fully saturated rings. The van der Waals surface area contributed by atoms with Gasteiger partial charge in [-0.3, -0.25) is 19.1 Å². The maximum absolute atomic E-state index is 13.1. The molecule has 0 aliphatic heterocycles. The summed E-state index contributed by atoms with van der Waals surface area (Å²) >= 11 is 12.5. The highest BCUT2D eigenvalue weighted by molar-refractivity contribution is 6.35. The summed E-state index contributed by atoms with van der Waals surface area (Å²) in [6.07, 6.45) is 8.85. The highest BCUT2D eigenvalue weighted by Crippen LogP contribution is 2.26. The smallest absolute Gasteiger partial charge is 0.298 e. The lowest BCUT2D eigenvalue weighted by molar-refractivity contribution is -0.677. The van der Waals surface area contributed by atoms with Crippen molar-refractivity contribution >= 4 is 69.0 Å². The van der Waals surface area contributed by atoms with Crippen LogP contribution in [0.1, 0.15) is 87.0 Å². The van der Waals surface area contributed by atoms with E-state index in [1.54, 1.807) is 26.0 Å². The number of anilines is 1. The van der Waals surface area contributed by atoms with E-state index in [0.29, 0.717) is 40.9 Å². The molecule has 5 rings (SSSR count). The summed E-state index contributed by atoms with van der Waals surface area (Å²) in [4.78, 5) is 36.6. The quantitative estimate of drug-likeness (QED) is 0.0306. The average Bonchev–Trinajstić information content (AvgIpc) is 3.50. The van der Waals surface area contributed by atoms with Crippen LogP contribution in [0.3, 0.4) is 0 Å². The van der Waals surface area contributed by atoms with Gasteiger partial charge < -0.3 is 15.4 Å². The Balaban J connectivity index is 1.02. The van der Waals surface area contributed by atoms with Crippen molar-refractivity contribution in [3.8, 4) is 0 Å². The molecule has 2 heterocycles. The first-order valence-corrected chi connectivity index (χ1v) is 18.6. The largest absolute Gasteiger partial charge is 0.433 e. The fourth-order valence-electron chi connectivity index (χ4n) is 6.40. The predicted molar refractivity (Wildman–Crippen MR) is 208 cm³/mol. The molecule has 5 aromatic rings. The van der Waals surface area contributed by atoms with Gasteiger partial charge in [-0.25, -0.2) is 0 Å². The molecule has 0 saturated heterocycles. The number of amides is 2. The Morgan fingerprint density at radius 1 is 0.865 bits per heavy atom. The molecule has 272 valence electrons. The molecule has 9 nitrogen and oxygen atoms in total. The molecule has 2 amide bonds. The van der Waals surface area contributed by atoms with Gasteiger partial charge in [-0.1, -0.05) is 91.7 Å². The van der Waals surface area contributed by atoms with Crippen molar-refractivity contribution in [3.05, 3.63) is 111 Å². The van der Waals surface area contributed by atoms with E-state index in [1.807, 2.05) is 59.3 Å². The van der Waals surface area contributed by atoms with Crippen molar-refractivity contribution in [2.75, 3.05) is 11.9 Å². The molecule has 0 aliphatic carbocycles. The number of hydrogen-bond donors (Lipinski definition) is 2. The normalized spacial score (nSPS) is 11.8. The summed E-state index contributed by atoms with van der Waals surface area (Å²) in [5.74, 6) is -0.196. The van der Waals surface area contributed by atoms with Crippen molar-refractivity contribution in [2.45, 2.75) is 85.2 Å². The molecule has 0 radical (unpaired) electrons. The van der Waals surface area contributed by atoms with Crippen LogP contribution < -0.4 is 15.2 Å². The Labute approximate surface area is 314 Å². The van der Waals surface area contributed by atoms with Crippen LogP contribution in [0.15, 0.2) is 84.1 Å². The first-order valence-electron chi connectivity index (χ1n) is 17.9. The lowest BCUT2D eigenvalue weighted by Gasteiger charge is -2.12. The molecule has 0 unspecified atom stereocenters. The molecule has 2 N–H and O–H groups in total. The van der Waals surface area contributed by atoms with Crippen molar-refractivity contribution < 1.29 is 23.7 Å². The van der Waals surface area contributed by atoms with Gasteiger partial charge in [-0.2, -0.15) is 9.67 Å². The maximum Gasteiger partial charge on any atom is 0.298 e. The van der Waals surface area contributed by atoms with E-state index in [9.17, 15) is 14.4 Å². The number of fused-ring (bicyclic) bond motifs is 2. The number of rotatable bonds is 18. The number of ether oxygens (including phenoxy) is 1. The van der Waals surface area contributed by atoms with E-state index < -0.39 is 0 Å². The van der Waals surface area contributed by atoms with Gasteiger partial charge in [0.1, 0.15) is 12.3 Å². The van der Waals surface area contributed by atoms with Gasteiger partial charge in [0.25, 0.3) is 18.3 Å². The molecule has 3 aromatic carbocycles. The Hall–Kier alpha value is -4.73. The Morgan fingerprint density at radius 3 is 2.27 bits per heavy atom. The third-order valence-electron chi connectivity index (χ3n) is 9.41. The number of aromatic nitrogens is 3. The van der Waals surface area contributed by atoms with Gasteiger partial charge >= 0.3 is 0 Å². The molecule has 2 aromatic heterocycles. The molecular formula is C41H46Cl2N5O4+. The number of nitrogens with one attached hydrogen (secondary N) is 2. The number of halogens is 2. The second kappa shape index (κ2) is 18.7. The lowest BCUT2D eigenvalue weighted by atomic mass is 10.1. The van der Waals surface area contributed by atoms with Gasteiger partial charge in [0.2, 0.25) is 5.52 Å². The van der Waals surface area contributed by atoms with Crippen LogP contribution in [0.5, 0.6) is 0 Å². The summed E-state index contributed by atoms with van der Waals surface area (Å²) in [5, 5.41) is 13.6. The number of pyridine rings is 1. The molecule has 0 spiro atoms. The Bertz CT molecular complexity index is 2090. The van der Waals surface area contributed by atoms with E-state index in [1.165, 1.54) is 19.3 Å². The van der Waals surface area contributed by atoms with Gasteiger partial charge in [0.05, 0.1) is 28.7 Å². The van der Waals surface area contributed by atoms with Crippen LogP contribution in [0.25, 0.3) is 21.8 Å². The minimum absolute atomic E-state index is 0.166. The van der Waals surface area contributed by atoms with Crippen LogP contribution in [-0.2, 0) is 27.4 Å². The van der Waals surface area contributed by atoms with Crippen molar-refractivity contribution in [1.82, 2.24) is 15.1 Å². The van der Waals surface area contributed by atoms with Crippen LogP contribution in [0.2, 0.25) is 10.0 Å². The molecule has 11 heteroatoms. The Morgan fingerprint density at radius 2 is 1.54 bits per heavy atom. The second-order valence-electron chi connectivity index (χ2n) is 13.1. The van der Waals surface area contributed by atoms with Crippen molar-refractivity contribution in [1.29, 1.82) is 0 Å². The van der Waals surface area contributed by atoms with Gasteiger partial charge in [0, 0.05) is 47.5 Å². The van der Waals surface area contributed by atoms with Gasteiger partial charge in [0.15, 0.2) is 11.4 Å². The fraction of sp³-hybridized carbons (Fsp3) is 0.341. The van der Waals surface area contributed by atoms with Crippen molar-refractivity contribution in [3.63, 3.8) is 0 Å². The summed E-state index contributed by atoms with van der Waals surface area (Å²) < 4.78 is 8.98. The zero-order valence-corrected chi connectivity index (χ0v) is 31.5. The Kier molecular flexibility index (Phi) is 13.8. The minimum Gasteiger partial charge on any atom is -0.433 e. The monoisotopic (exact) mass is 742 g/mol. The number of allylic oxidation sites excluding steroid dienone is 1. The van der Waals surface area contributed by atoms with E-state index in [-0.39, 0.29) is 17.6 Å². The molecule has 0 bridgehead atoms. The first kappa shape index (κ1) is 38.5. The molecule has 0 atom stereocenters. The topological polar surface area (TPSA) is 106 Å². The number of nitrogens with zero attached hydrogens (tertiary/aromatic N) is 3. The van der Waals surface area contributed by atoms with E-state index in [4.69, 9.17) is 27.9 Å². The number of aryl methyl sites for hydroxylation is 2. The summed E-state index contributed by atoms with van der Waals surface area (Å²) in [6.45, 7) is 7.56. The number of unbranched alkanes of at least 4 members (excludes halogenated alkanes) is 7. The molecule has 0 saturated carbocycles.